The van der Waals surface area contributed by atoms with Crippen molar-refractivity contribution in [2.75, 3.05) is 32.2 Å². The summed E-state index contributed by atoms with van der Waals surface area (Å²) in [5.41, 5.74) is 1.63. The molecule has 0 radical (unpaired) electrons. The molecule has 1 saturated heterocycles. The third-order valence-corrected chi connectivity index (χ3v) is 7.05. The number of hydrogen-bond acceptors (Lipinski definition) is 7. The molecule has 36 heavy (non-hydrogen) atoms. The normalized spacial score (nSPS) is 14.1. The van der Waals surface area contributed by atoms with Gasteiger partial charge < -0.3 is 14.4 Å². The van der Waals surface area contributed by atoms with Gasteiger partial charge in [-0.05, 0) is 48.7 Å². The molecule has 0 N–H and O–H groups in total. The second kappa shape index (κ2) is 13.7. The number of anilines is 1. The van der Waals surface area contributed by atoms with Crippen LogP contribution in [0.4, 0.5) is 5.69 Å². The first-order chi connectivity index (χ1) is 17.5. The maximum absolute atomic E-state index is 12.9. The third kappa shape index (κ3) is 7.09. The van der Waals surface area contributed by atoms with Crippen molar-refractivity contribution in [3.05, 3.63) is 59.0 Å². The number of hydrogen-bond donors (Lipinski definition) is 0. The van der Waals surface area contributed by atoms with Crippen LogP contribution < -0.4 is 14.4 Å². The lowest BCUT2D eigenvalue weighted by Gasteiger charge is -2.22. The van der Waals surface area contributed by atoms with E-state index >= 15 is 0 Å². The molecular formula is C27H29N3O4S2. The fourth-order valence-corrected chi connectivity index (χ4v) is 5.12. The predicted octanol–water partition coefficient (Wildman–Crippen LogP) is 5.41. The molecule has 9 heteroatoms. The van der Waals surface area contributed by atoms with Crippen molar-refractivity contribution in [1.82, 2.24) is 4.90 Å². The van der Waals surface area contributed by atoms with Crippen LogP contribution in [-0.2, 0) is 9.59 Å². The quantitative estimate of drug-likeness (QED) is 0.209. The van der Waals surface area contributed by atoms with Gasteiger partial charge in [0.1, 0.15) is 4.32 Å². The number of benzene rings is 2. The van der Waals surface area contributed by atoms with Crippen molar-refractivity contribution in [1.29, 1.82) is 5.26 Å². The number of carbonyl (C=O) groups is 2. The molecule has 0 atom stereocenters. The average Bonchev–Trinajstić information content (AvgIpc) is 3.16. The van der Waals surface area contributed by atoms with Crippen LogP contribution in [0.3, 0.4) is 0 Å². The van der Waals surface area contributed by atoms with E-state index in [1.54, 1.807) is 36.2 Å². The number of thiocarbonyl (C=S) groups is 1. The number of amides is 2. The van der Waals surface area contributed by atoms with Gasteiger partial charge in [-0.1, -0.05) is 54.7 Å². The molecule has 0 saturated carbocycles. The Bertz CT molecular complexity index is 1160. The van der Waals surface area contributed by atoms with E-state index < -0.39 is 0 Å². The summed E-state index contributed by atoms with van der Waals surface area (Å²) in [6.45, 7) is 0.890. The lowest BCUT2D eigenvalue weighted by molar-refractivity contribution is -0.122. The number of rotatable bonds is 12. The summed E-state index contributed by atoms with van der Waals surface area (Å²) in [6, 6.07) is 17.0. The number of para-hydroxylation sites is 1. The maximum Gasteiger partial charge on any atom is 0.266 e. The Balaban J connectivity index is 1.50. The molecule has 0 spiro atoms. The fourth-order valence-electron chi connectivity index (χ4n) is 3.81. The standard InChI is InChI=1S/C27H29N3O4S2/c1-33-22-14-13-20(18-23(22)34-2)19-24-26(32)30(27(35)36-24)16-8-4-7-12-25(31)29(17-9-15-28)21-10-5-3-6-11-21/h3,5-6,10-11,13-14,18-19H,4,7-9,12,16-17H2,1-2H3. The predicted molar refractivity (Wildman–Crippen MR) is 147 cm³/mol. The Morgan fingerprint density at radius 2 is 1.86 bits per heavy atom. The highest BCUT2D eigenvalue weighted by molar-refractivity contribution is 8.26. The van der Waals surface area contributed by atoms with Crippen molar-refractivity contribution < 1.29 is 19.1 Å². The van der Waals surface area contributed by atoms with Gasteiger partial charge in [0, 0.05) is 25.2 Å². The summed E-state index contributed by atoms with van der Waals surface area (Å²) in [7, 11) is 3.15. The number of nitrogens with zero attached hydrogens (tertiary/aromatic N) is 3. The summed E-state index contributed by atoms with van der Waals surface area (Å²) < 4.78 is 11.1. The molecule has 7 nitrogen and oxygen atoms in total. The van der Waals surface area contributed by atoms with Crippen molar-refractivity contribution in [3.8, 4) is 17.6 Å². The zero-order chi connectivity index (χ0) is 25.9. The maximum atomic E-state index is 12.9. The molecule has 2 amide bonds. The number of ether oxygens (including phenoxy) is 2. The van der Waals surface area contributed by atoms with Crippen molar-refractivity contribution in [3.63, 3.8) is 0 Å². The molecule has 0 aliphatic carbocycles. The van der Waals surface area contributed by atoms with Gasteiger partial charge in [-0.25, -0.2) is 0 Å². The van der Waals surface area contributed by atoms with Crippen LogP contribution in [0.5, 0.6) is 11.5 Å². The van der Waals surface area contributed by atoms with Crippen LogP contribution >= 0.6 is 24.0 Å². The Morgan fingerprint density at radius 3 is 2.56 bits per heavy atom. The van der Waals surface area contributed by atoms with Gasteiger partial charge in [-0.2, -0.15) is 5.26 Å². The molecule has 188 valence electrons. The van der Waals surface area contributed by atoms with E-state index in [2.05, 4.69) is 6.07 Å². The summed E-state index contributed by atoms with van der Waals surface area (Å²) >= 11 is 6.73. The highest BCUT2D eigenvalue weighted by atomic mass is 32.2. The molecule has 1 fully saturated rings. The number of carbonyl (C=O) groups excluding carboxylic acids is 2. The van der Waals surface area contributed by atoms with Crippen molar-refractivity contribution >= 4 is 51.9 Å². The first-order valence-electron chi connectivity index (χ1n) is 11.7. The van der Waals surface area contributed by atoms with Gasteiger partial charge in [0.2, 0.25) is 5.91 Å². The van der Waals surface area contributed by atoms with Gasteiger partial charge in [0.05, 0.1) is 31.6 Å². The minimum Gasteiger partial charge on any atom is -0.493 e. The molecular weight excluding hydrogens is 494 g/mol. The molecule has 1 aliphatic rings. The summed E-state index contributed by atoms with van der Waals surface area (Å²) in [6.07, 6.45) is 4.71. The molecule has 1 aliphatic heterocycles. The monoisotopic (exact) mass is 523 g/mol. The average molecular weight is 524 g/mol. The minimum atomic E-state index is -0.109. The second-order valence-electron chi connectivity index (χ2n) is 8.05. The largest absolute Gasteiger partial charge is 0.493 e. The Morgan fingerprint density at radius 1 is 1.11 bits per heavy atom. The van der Waals surface area contributed by atoms with Crippen LogP contribution in [0.2, 0.25) is 0 Å². The van der Waals surface area contributed by atoms with Crippen LogP contribution in [-0.4, -0.2) is 48.3 Å². The van der Waals surface area contributed by atoms with E-state index in [1.807, 2.05) is 42.5 Å². The van der Waals surface area contributed by atoms with Gasteiger partial charge in [-0.15, -0.1) is 0 Å². The van der Waals surface area contributed by atoms with E-state index in [1.165, 1.54) is 11.8 Å². The zero-order valence-electron chi connectivity index (χ0n) is 20.4. The lowest BCUT2D eigenvalue weighted by Crippen LogP contribution is -2.31. The van der Waals surface area contributed by atoms with Crippen LogP contribution in [0.25, 0.3) is 6.08 Å². The molecule has 0 aromatic heterocycles. The lowest BCUT2D eigenvalue weighted by atomic mass is 10.1. The number of nitriles is 1. The van der Waals surface area contributed by atoms with Gasteiger partial charge in [0.25, 0.3) is 5.91 Å². The van der Waals surface area contributed by atoms with Gasteiger partial charge >= 0.3 is 0 Å². The minimum absolute atomic E-state index is 0.0000791. The molecule has 2 aromatic rings. The molecule has 3 rings (SSSR count). The fraction of sp³-hybridized carbons (Fsp3) is 0.333. The number of methoxy groups -OCH3 is 2. The highest BCUT2D eigenvalue weighted by Crippen LogP contribution is 2.34. The van der Waals surface area contributed by atoms with Crippen molar-refractivity contribution in [2.45, 2.75) is 32.1 Å². The number of unbranched alkanes of at least 4 members (excludes halogenated alkanes) is 2. The molecule has 1 heterocycles. The van der Waals surface area contributed by atoms with Gasteiger partial charge in [-0.3, -0.25) is 14.5 Å². The van der Waals surface area contributed by atoms with E-state index in [9.17, 15) is 9.59 Å². The first kappa shape index (κ1) is 27.2. The number of thioether (sulfide) groups is 1. The van der Waals surface area contributed by atoms with Crippen LogP contribution in [0.1, 0.15) is 37.7 Å². The second-order valence-corrected chi connectivity index (χ2v) is 9.72. The SMILES string of the molecule is COc1ccc(C=C2SC(=S)N(CCCCCC(=O)N(CCC#N)c3ccccc3)C2=O)cc1OC. The van der Waals surface area contributed by atoms with E-state index in [0.717, 1.165) is 24.1 Å². The van der Waals surface area contributed by atoms with Crippen LogP contribution in [0, 0.1) is 11.3 Å². The Kier molecular flexibility index (Phi) is 10.3. The smallest absolute Gasteiger partial charge is 0.266 e. The van der Waals surface area contributed by atoms with E-state index in [-0.39, 0.29) is 18.2 Å². The van der Waals surface area contributed by atoms with E-state index in [0.29, 0.717) is 46.7 Å². The van der Waals surface area contributed by atoms with E-state index in [4.69, 9.17) is 27.0 Å². The van der Waals surface area contributed by atoms with Crippen molar-refractivity contribution in [2.24, 2.45) is 0 Å². The summed E-state index contributed by atoms with van der Waals surface area (Å²) in [4.78, 5) is 29.6. The van der Waals surface area contributed by atoms with Crippen LogP contribution in [0.15, 0.2) is 53.4 Å². The molecule has 2 aromatic carbocycles. The summed E-state index contributed by atoms with van der Waals surface area (Å²) in [5.74, 6) is 1.11. The Hall–Kier alpha value is -3.35. The highest BCUT2D eigenvalue weighted by Gasteiger charge is 2.31. The molecule has 0 bridgehead atoms. The van der Waals surface area contributed by atoms with Gasteiger partial charge in [0.15, 0.2) is 11.5 Å². The zero-order valence-corrected chi connectivity index (χ0v) is 22.1. The first-order valence-corrected chi connectivity index (χ1v) is 12.9. The topological polar surface area (TPSA) is 82.9 Å². The Labute approximate surface area is 221 Å². The summed E-state index contributed by atoms with van der Waals surface area (Å²) in [5, 5.41) is 8.94. The third-order valence-electron chi connectivity index (χ3n) is 5.67. The molecule has 0 unspecified atom stereocenters.